The molecule has 1 aromatic heterocycles. The summed E-state index contributed by atoms with van der Waals surface area (Å²) < 4.78 is 1.92. The van der Waals surface area contributed by atoms with Gasteiger partial charge in [-0.2, -0.15) is 5.10 Å². The third kappa shape index (κ3) is 4.53. The second-order valence-electron chi connectivity index (χ2n) is 6.98. The van der Waals surface area contributed by atoms with Crippen molar-refractivity contribution in [2.45, 2.75) is 65.3 Å². The first kappa shape index (κ1) is 16.5. The van der Waals surface area contributed by atoms with Crippen LogP contribution in [-0.2, 0) is 13.5 Å². The van der Waals surface area contributed by atoms with E-state index in [1.165, 1.54) is 32.1 Å². The zero-order valence-corrected chi connectivity index (χ0v) is 14.2. The van der Waals surface area contributed by atoms with Gasteiger partial charge in [0, 0.05) is 19.5 Å². The summed E-state index contributed by atoms with van der Waals surface area (Å²) in [6, 6.07) is 0.556. The van der Waals surface area contributed by atoms with Crippen molar-refractivity contribution in [2.24, 2.45) is 24.8 Å². The maximum atomic E-state index is 4.41. The Kier molecular flexibility index (Phi) is 6.22. The fourth-order valence-electron chi connectivity index (χ4n) is 3.65. The minimum absolute atomic E-state index is 0.556. The van der Waals surface area contributed by atoms with E-state index in [0.29, 0.717) is 6.04 Å². The number of hydrogen-bond acceptors (Lipinski definition) is 3. The van der Waals surface area contributed by atoms with E-state index in [0.717, 1.165) is 36.5 Å². The highest BCUT2D eigenvalue weighted by molar-refractivity contribution is 4.93. The van der Waals surface area contributed by atoms with Gasteiger partial charge in [0.25, 0.3) is 0 Å². The topological polar surface area (TPSA) is 42.7 Å². The Morgan fingerprint density at radius 2 is 1.90 bits per heavy atom. The fourth-order valence-corrected chi connectivity index (χ4v) is 3.65. The minimum Gasteiger partial charge on any atom is -0.313 e. The highest BCUT2D eigenvalue weighted by atomic mass is 15.3. The average Bonchev–Trinajstić information content (AvgIpc) is 2.88. The van der Waals surface area contributed by atoms with Gasteiger partial charge in [-0.3, -0.25) is 4.68 Å². The molecule has 0 aliphatic heterocycles. The highest BCUT2D eigenvalue weighted by Crippen LogP contribution is 2.35. The van der Waals surface area contributed by atoms with Crippen molar-refractivity contribution in [1.82, 2.24) is 20.1 Å². The van der Waals surface area contributed by atoms with E-state index in [4.69, 9.17) is 0 Å². The molecule has 0 amide bonds. The summed E-state index contributed by atoms with van der Waals surface area (Å²) in [5.41, 5.74) is 0. The SMILES string of the molecule is CCCNC(Cc1ncnn1C)C1CCC(C(C)C)CC1. The monoisotopic (exact) mass is 292 g/mol. The molecule has 1 unspecified atom stereocenters. The Balaban J connectivity index is 1.95. The first-order valence-corrected chi connectivity index (χ1v) is 8.68. The zero-order valence-electron chi connectivity index (χ0n) is 14.2. The highest BCUT2D eigenvalue weighted by Gasteiger charge is 2.29. The second kappa shape index (κ2) is 7.92. The van der Waals surface area contributed by atoms with E-state index in [1.807, 2.05) is 11.7 Å². The van der Waals surface area contributed by atoms with Crippen LogP contribution in [0.5, 0.6) is 0 Å². The van der Waals surface area contributed by atoms with Crippen LogP contribution in [0.3, 0.4) is 0 Å². The molecule has 1 N–H and O–H groups in total. The normalized spacial score (nSPS) is 24.4. The molecule has 1 fully saturated rings. The Bertz CT molecular complexity index is 405. The van der Waals surface area contributed by atoms with Crippen LogP contribution in [-0.4, -0.2) is 27.4 Å². The van der Waals surface area contributed by atoms with Gasteiger partial charge in [-0.25, -0.2) is 4.98 Å². The Hall–Kier alpha value is -0.900. The fraction of sp³-hybridized carbons (Fsp3) is 0.882. The maximum Gasteiger partial charge on any atom is 0.138 e. The standard InChI is InChI=1S/C17H32N4/c1-5-10-18-16(11-17-19-12-20-21(17)4)15-8-6-14(7-9-15)13(2)3/h12-16,18H,5-11H2,1-4H3. The van der Waals surface area contributed by atoms with Gasteiger partial charge in [0.2, 0.25) is 0 Å². The van der Waals surface area contributed by atoms with Crippen LogP contribution in [0.2, 0.25) is 0 Å². The largest absolute Gasteiger partial charge is 0.313 e. The molecular weight excluding hydrogens is 260 g/mol. The van der Waals surface area contributed by atoms with Crippen molar-refractivity contribution in [2.75, 3.05) is 6.54 Å². The molecule has 1 atom stereocenters. The third-order valence-corrected chi connectivity index (χ3v) is 5.19. The van der Waals surface area contributed by atoms with Gasteiger partial charge < -0.3 is 5.32 Å². The summed E-state index contributed by atoms with van der Waals surface area (Å²) in [6.07, 6.45) is 9.38. The van der Waals surface area contributed by atoms with E-state index in [9.17, 15) is 0 Å². The lowest BCUT2D eigenvalue weighted by atomic mass is 9.74. The van der Waals surface area contributed by atoms with Crippen molar-refractivity contribution in [3.05, 3.63) is 12.2 Å². The second-order valence-corrected chi connectivity index (χ2v) is 6.98. The summed E-state index contributed by atoms with van der Waals surface area (Å²) in [6.45, 7) is 8.09. The molecule has 0 aromatic carbocycles. The lowest BCUT2D eigenvalue weighted by molar-refractivity contribution is 0.186. The van der Waals surface area contributed by atoms with E-state index in [2.05, 4.69) is 36.2 Å². The molecule has 0 spiro atoms. The number of aromatic nitrogens is 3. The third-order valence-electron chi connectivity index (χ3n) is 5.19. The molecule has 0 saturated heterocycles. The maximum absolute atomic E-state index is 4.41. The molecule has 1 aliphatic rings. The molecular formula is C17H32N4. The molecule has 0 radical (unpaired) electrons. The number of nitrogens with one attached hydrogen (secondary N) is 1. The minimum atomic E-state index is 0.556. The lowest BCUT2D eigenvalue weighted by Gasteiger charge is -2.35. The summed E-state index contributed by atoms with van der Waals surface area (Å²) in [5.74, 6) is 3.67. The van der Waals surface area contributed by atoms with Crippen LogP contribution in [0.4, 0.5) is 0 Å². The van der Waals surface area contributed by atoms with Crippen molar-refractivity contribution in [3.8, 4) is 0 Å². The molecule has 0 bridgehead atoms. The molecule has 4 heteroatoms. The van der Waals surface area contributed by atoms with Crippen LogP contribution in [0.25, 0.3) is 0 Å². The Morgan fingerprint density at radius 1 is 1.24 bits per heavy atom. The van der Waals surface area contributed by atoms with Crippen LogP contribution >= 0.6 is 0 Å². The summed E-state index contributed by atoms with van der Waals surface area (Å²) in [5, 5.41) is 7.98. The molecule has 1 aromatic rings. The average molecular weight is 292 g/mol. The van der Waals surface area contributed by atoms with E-state index >= 15 is 0 Å². The predicted octanol–water partition coefficient (Wildman–Crippen LogP) is 3.19. The van der Waals surface area contributed by atoms with Crippen molar-refractivity contribution >= 4 is 0 Å². The summed E-state index contributed by atoms with van der Waals surface area (Å²) in [7, 11) is 1.99. The predicted molar refractivity (Wildman–Crippen MR) is 87.1 cm³/mol. The van der Waals surface area contributed by atoms with Crippen LogP contribution in [0, 0.1) is 17.8 Å². The van der Waals surface area contributed by atoms with Gasteiger partial charge in [-0.1, -0.05) is 20.8 Å². The van der Waals surface area contributed by atoms with Crippen molar-refractivity contribution < 1.29 is 0 Å². The molecule has 120 valence electrons. The first-order valence-electron chi connectivity index (χ1n) is 8.68. The number of aryl methyl sites for hydroxylation is 1. The first-order chi connectivity index (χ1) is 10.1. The number of hydrogen-bond donors (Lipinski definition) is 1. The Morgan fingerprint density at radius 3 is 2.43 bits per heavy atom. The van der Waals surface area contributed by atoms with Gasteiger partial charge in [0.15, 0.2) is 0 Å². The lowest BCUT2D eigenvalue weighted by Crippen LogP contribution is -2.41. The van der Waals surface area contributed by atoms with Crippen LogP contribution < -0.4 is 5.32 Å². The molecule has 1 aliphatic carbocycles. The molecule has 2 rings (SSSR count). The van der Waals surface area contributed by atoms with Gasteiger partial charge in [0.05, 0.1) is 0 Å². The van der Waals surface area contributed by atoms with Gasteiger partial charge in [-0.05, 0) is 56.4 Å². The van der Waals surface area contributed by atoms with Crippen LogP contribution in [0.1, 0.15) is 58.7 Å². The van der Waals surface area contributed by atoms with Gasteiger partial charge >= 0.3 is 0 Å². The van der Waals surface area contributed by atoms with Gasteiger partial charge in [-0.15, -0.1) is 0 Å². The molecule has 21 heavy (non-hydrogen) atoms. The van der Waals surface area contributed by atoms with E-state index in [-0.39, 0.29) is 0 Å². The quantitative estimate of drug-likeness (QED) is 0.839. The van der Waals surface area contributed by atoms with Crippen molar-refractivity contribution in [3.63, 3.8) is 0 Å². The van der Waals surface area contributed by atoms with E-state index in [1.54, 1.807) is 6.33 Å². The van der Waals surface area contributed by atoms with Crippen LogP contribution in [0.15, 0.2) is 6.33 Å². The number of nitrogens with zero attached hydrogens (tertiary/aromatic N) is 3. The molecule has 1 heterocycles. The Labute approximate surface area is 129 Å². The zero-order chi connectivity index (χ0) is 15.2. The van der Waals surface area contributed by atoms with Crippen molar-refractivity contribution in [1.29, 1.82) is 0 Å². The molecule has 4 nitrogen and oxygen atoms in total. The number of rotatable bonds is 7. The summed E-state index contributed by atoms with van der Waals surface area (Å²) in [4.78, 5) is 4.41. The van der Waals surface area contributed by atoms with E-state index < -0.39 is 0 Å². The molecule has 1 saturated carbocycles. The van der Waals surface area contributed by atoms with Gasteiger partial charge in [0.1, 0.15) is 12.2 Å². The summed E-state index contributed by atoms with van der Waals surface area (Å²) >= 11 is 0. The smallest absolute Gasteiger partial charge is 0.138 e.